The summed E-state index contributed by atoms with van der Waals surface area (Å²) in [5.41, 5.74) is 0.937. The summed E-state index contributed by atoms with van der Waals surface area (Å²) in [6.07, 6.45) is 0. The second-order valence-electron chi connectivity index (χ2n) is 2.54. The minimum absolute atomic E-state index is 0.265. The molecule has 0 N–H and O–H groups in total. The average molecular weight is 245 g/mol. The lowest BCUT2D eigenvalue weighted by Crippen LogP contribution is -2.08. The molecule has 3 nitrogen and oxygen atoms in total. The molecule has 0 heterocycles. The number of rotatable bonds is 4. The first-order valence-electron chi connectivity index (χ1n) is 4.04. The van der Waals surface area contributed by atoms with E-state index in [2.05, 4.69) is 15.9 Å². The van der Waals surface area contributed by atoms with Gasteiger partial charge in [-0.15, -0.1) is 0 Å². The van der Waals surface area contributed by atoms with Gasteiger partial charge in [-0.05, 0) is 19.1 Å². The zero-order valence-corrected chi connectivity index (χ0v) is 8.95. The van der Waals surface area contributed by atoms with Crippen molar-refractivity contribution in [2.45, 2.75) is 13.5 Å². The normalized spacial score (nSPS) is 9.69. The van der Waals surface area contributed by atoms with Gasteiger partial charge in [0.05, 0.1) is 4.91 Å². The Kier molecular flexibility index (Phi) is 3.89. The van der Waals surface area contributed by atoms with Crippen LogP contribution in [0.4, 0.5) is 0 Å². The van der Waals surface area contributed by atoms with Crippen molar-refractivity contribution in [1.82, 2.24) is 0 Å². The van der Waals surface area contributed by atoms with Gasteiger partial charge >= 0.3 is 0 Å². The molecule has 0 atom stereocenters. The Morgan fingerprint density at radius 1 is 1.38 bits per heavy atom. The smallest absolute Gasteiger partial charge is 0.232 e. The topological polar surface area (TPSA) is 29.3 Å². The Bertz CT molecular complexity index is 284. The SMILES string of the molecule is CCO[N+](=O)Cc1ccc(Br)cc1. The predicted molar refractivity (Wildman–Crippen MR) is 53.1 cm³/mol. The highest BCUT2D eigenvalue weighted by molar-refractivity contribution is 9.10. The Labute approximate surface area is 85.4 Å². The molecular formula is C9H11BrNO2+. The first-order chi connectivity index (χ1) is 6.22. The number of benzene rings is 1. The number of hydrogen-bond donors (Lipinski definition) is 0. The molecule has 0 saturated carbocycles. The van der Waals surface area contributed by atoms with E-state index >= 15 is 0 Å². The van der Waals surface area contributed by atoms with Gasteiger partial charge in [-0.25, -0.2) is 4.84 Å². The summed E-state index contributed by atoms with van der Waals surface area (Å²) in [5, 5.41) is 0. The summed E-state index contributed by atoms with van der Waals surface area (Å²) in [6, 6.07) is 7.56. The lowest BCUT2D eigenvalue weighted by Gasteiger charge is -1.94. The van der Waals surface area contributed by atoms with E-state index in [1.165, 1.54) is 0 Å². The van der Waals surface area contributed by atoms with Crippen molar-refractivity contribution in [3.63, 3.8) is 0 Å². The maximum Gasteiger partial charge on any atom is 0.273 e. The van der Waals surface area contributed by atoms with Gasteiger partial charge in [0, 0.05) is 10.0 Å². The van der Waals surface area contributed by atoms with Crippen LogP contribution in [0.5, 0.6) is 0 Å². The molecule has 1 rings (SSSR count). The highest BCUT2D eigenvalue weighted by Gasteiger charge is 2.09. The number of nitrogens with zero attached hydrogens (tertiary/aromatic N) is 1. The Morgan fingerprint density at radius 2 is 2.00 bits per heavy atom. The molecule has 0 aliphatic rings. The van der Waals surface area contributed by atoms with E-state index in [-0.39, 0.29) is 6.54 Å². The van der Waals surface area contributed by atoms with Crippen LogP contribution in [0.3, 0.4) is 0 Å². The van der Waals surface area contributed by atoms with Crippen LogP contribution in [0.25, 0.3) is 0 Å². The van der Waals surface area contributed by atoms with Gasteiger partial charge in [0.1, 0.15) is 0 Å². The Morgan fingerprint density at radius 3 is 2.54 bits per heavy atom. The number of hydrogen-bond acceptors (Lipinski definition) is 2. The largest absolute Gasteiger partial charge is 0.273 e. The summed E-state index contributed by atoms with van der Waals surface area (Å²) < 4.78 is 1.00. The van der Waals surface area contributed by atoms with Crippen molar-refractivity contribution in [2.75, 3.05) is 6.61 Å². The van der Waals surface area contributed by atoms with Crippen LogP contribution in [-0.2, 0) is 11.4 Å². The van der Waals surface area contributed by atoms with Gasteiger partial charge in [0.15, 0.2) is 6.61 Å². The summed E-state index contributed by atoms with van der Waals surface area (Å²) in [6.45, 7) is 2.45. The first kappa shape index (κ1) is 10.2. The standard InChI is InChI=1S/C9H11BrNO2/c1-2-13-11(12)7-8-3-5-9(10)6-4-8/h3-6H,2,7H2,1H3/q+1. The lowest BCUT2D eigenvalue weighted by atomic mass is 10.2. The van der Waals surface area contributed by atoms with Crippen molar-refractivity contribution in [2.24, 2.45) is 0 Å². The molecule has 13 heavy (non-hydrogen) atoms. The molecule has 0 fully saturated rings. The van der Waals surface area contributed by atoms with Crippen molar-refractivity contribution < 1.29 is 9.76 Å². The van der Waals surface area contributed by atoms with Crippen molar-refractivity contribution >= 4 is 15.9 Å². The predicted octanol–water partition coefficient (Wildman–Crippen LogP) is 2.68. The van der Waals surface area contributed by atoms with Gasteiger partial charge in [-0.1, -0.05) is 28.1 Å². The van der Waals surface area contributed by atoms with Crippen molar-refractivity contribution in [1.29, 1.82) is 0 Å². The van der Waals surface area contributed by atoms with Crippen LogP contribution in [0, 0.1) is 4.91 Å². The van der Waals surface area contributed by atoms with E-state index < -0.39 is 0 Å². The van der Waals surface area contributed by atoms with E-state index in [1.54, 1.807) is 6.92 Å². The summed E-state index contributed by atoms with van der Waals surface area (Å²) in [7, 11) is 0. The maximum absolute atomic E-state index is 11.0. The van der Waals surface area contributed by atoms with Gasteiger partial charge in [-0.3, -0.25) is 0 Å². The fraction of sp³-hybridized carbons (Fsp3) is 0.333. The molecule has 0 radical (unpaired) electrons. The van der Waals surface area contributed by atoms with Crippen LogP contribution >= 0.6 is 15.9 Å². The summed E-state index contributed by atoms with van der Waals surface area (Å²) in [5.74, 6) is 0. The van der Waals surface area contributed by atoms with Crippen LogP contribution in [0.15, 0.2) is 28.7 Å². The van der Waals surface area contributed by atoms with Crippen molar-refractivity contribution in [3.8, 4) is 0 Å². The Balaban J connectivity index is 2.54. The van der Waals surface area contributed by atoms with Gasteiger partial charge in [0.25, 0.3) is 6.54 Å². The third-order valence-corrected chi connectivity index (χ3v) is 2.03. The molecular weight excluding hydrogens is 234 g/mol. The molecule has 1 aromatic rings. The van der Waals surface area contributed by atoms with E-state index in [9.17, 15) is 4.91 Å². The fourth-order valence-electron chi connectivity index (χ4n) is 0.929. The molecule has 0 aliphatic carbocycles. The zero-order chi connectivity index (χ0) is 9.68. The summed E-state index contributed by atoms with van der Waals surface area (Å²) in [4.78, 5) is 16.3. The highest BCUT2D eigenvalue weighted by atomic mass is 79.9. The van der Waals surface area contributed by atoms with Crippen molar-refractivity contribution in [3.05, 3.63) is 39.2 Å². The van der Waals surface area contributed by atoms with E-state index in [1.807, 2.05) is 24.3 Å². The minimum atomic E-state index is 0.265. The third kappa shape index (κ3) is 3.55. The molecule has 0 bridgehead atoms. The molecule has 0 spiro atoms. The maximum atomic E-state index is 11.0. The molecule has 0 aliphatic heterocycles. The molecule has 0 unspecified atom stereocenters. The second kappa shape index (κ2) is 4.97. The van der Waals surface area contributed by atoms with E-state index in [0.29, 0.717) is 11.5 Å². The molecule has 70 valence electrons. The average Bonchev–Trinajstić information content (AvgIpc) is 2.09. The quantitative estimate of drug-likeness (QED) is 0.763. The van der Waals surface area contributed by atoms with E-state index in [4.69, 9.17) is 4.84 Å². The van der Waals surface area contributed by atoms with Gasteiger partial charge in [0.2, 0.25) is 4.92 Å². The monoisotopic (exact) mass is 244 g/mol. The molecule has 0 aromatic heterocycles. The van der Waals surface area contributed by atoms with Crippen LogP contribution < -0.4 is 0 Å². The zero-order valence-electron chi connectivity index (χ0n) is 7.37. The molecule has 0 amide bonds. The summed E-state index contributed by atoms with van der Waals surface area (Å²) >= 11 is 3.32. The highest BCUT2D eigenvalue weighted by Crippen LogP contribution is 2.10. The van der Waals surface area contributed by atoms with Crippen LogP contribution in [-0.4, -0.2) is 11.5 Å². The molecule has 0 saturated heterocycles. The van der Waals surface area contributed by atoms with Crippen LogP contribution in [0.2, 0.25) is 0 Å². The second-order valence-corrected chi connectivity index (χ2v) is 3.45. The first-order valence-corrected chi connectivity index (χ1v) is 4.83. The fourth-order valence-corrected chi connectivity index (χ4v) is 1.19. The number of halogens is 1. The Hall–Kier alpha value is -0.900. The minimum Gasteiger partial charge on any atom is -0.232 e. The van der Waals surface area contributed by atoms with E-state index in [0.717, 1.165) is 10.0 Å². The van der Waals surface area contributed by atoms with Gasteiger partial charge < -0.3 is 0 Å². The van der Waals surface area contributed by atoms with Gasteiger partial charge in [-0.2, -0.15) is 0 Å². The lowest BCUT2D eigenvalue weighted by molar-refractivity contribution is -0.814. The molecule has 4 heteroatoms. The molecule has 1 aromatic carbocycles. The third-order valence-electron chi connectivity index (χ3n) is 1.50. The van der Waals surface area contributed by atoms with Crippen LogP contribution in [0.1, 0.15) is 12.5 Å².